The Hall–Kier alpha value is -2.87. The molecule has 0 fully saturated rings. The third kappa shape index (κ3) is 6.06. The molecule has 158 valence electrons. The molecular formula is C22H24F2N4OS. The Morgan fingerprint density at radius 3 is 2.37 bits per heavy atom. The van der Waals surface area contributed by atoms with E-state index in [0.29, 0.717) is 24.5 Å². The van der Waals surface area contributed by atoms with Crippen LogP contribution in [0.1, 0.15) is 38.1 Å². The summed E-state index contributed by atoms with van der Waals surface area (Å²) in [5.41, 5.74) is 1.50. The molecule has 3 aromatic rings. The second kappa shape index (κ2) is 10.2. The average Bonchev–Trinajstić information content (AvgIpc) is 3.19. The number of carbonyl (C=O) groups excluding carboxylic acids is 1. The van der Waals surface area contributed by atoms with Crippen LogP contribution in [0.15, 0.2) is 48.5 Å². The van der Waals surface area contributed by atoms with Crippen LogP contribution in [0.25, 0.3) is 0 Å². The Bertz CT molecular complexity index is 960. The first-order valence-corrected chi connectivity index (χ1v) is 10.6. The minimum absolute atomic E-state index is 0.147. The number of rotatable bonds is 9. The fourth-order valence-corrected chi connectivity index (χ4v) is 3.74. The zero-order valence-electron chi connectivity index (χ0n) is 16.9. The number of amides is 1. The van der Waals surface area contributed by atoms with E-state index in [2.05, 4.69) is 33.4 Å². The van der Waals surface area contributed by atoms with Gasteiger partial charge in [0.1, 0.15) is 17.5 Å². The minimum Gasteiger partial charge on any atom is -0.344 e. The highest BCUT2D eigenvalue weighted by atomic mass is 32.1. The van der Waals surface area contributed by atoms with Crippen molar-refractivity contribution in [2.45, 2.75) is 39.2 Å². The Balaban J connectivity index is 1.62. The number of benzene rings is 2. The smallest absolute Gasteiger partial charge is 0.226 e. The second-order valence-electron chi connectivity index (χ2n) is 7.05. The predicted octanol–water partition coefficient (Wildman–Crippen LogP) is 5.04. The van der Waals surface area contributed by atoms with Gasteiger partial charge in [0, 0.05) is 42.6 Å². The summed E-state index contributed by atoms with van der Waals surface area (Å²) in [5.74, 6) is -0.0900. The quantitative estimate of drug-likeness (QED) is 0.517. The summed E-state index contributed by atoms with van der Waals surface area (Å²) in [5, 5.41) is 3.54. The number of hydrogen-bond donors (Lipinski definition) is 1. The van der Waals surface area contributed by atoms with Crippen molar-refractivity contribution in [3.8, 4) is 0 Å². The van der Waals surface area contributed by atoms with Gasteiger partial charge < -0.3 is 10.2 Å². The van der Waals surface area contributed by atoms with Crippen LogP contribution in [0.3, 0.4) is 0 Å². The lowest BCUT2D eigenvalue weighted by Crippen LogP contribution is -2.35. The molecule has 0 spiro atoms. The summed E-state index contributed by atoms with van der Waals surface area (Å²) < 4.78 is 30.5. The van der Waals surface area contributed by atoms with Gasteiger partial charge in [0.15, 0.2) is 0 Å². The van der Waals surface area contributed by atoms with Crippen molar-refractivity contribution < 1.29 is 13.6 Å². The summed E-state index contributed by atoms with van der Waals surface area (Å²) in [6, 6.07) is 12.2. The van der Waals surface area contributed by atoms with E-state index in [4.69, 9.17) is 0 Å². The molecule has 30 heavy (non-hydrogen) atoms. The number of nitrogens with zero attached hydrogens (tertiary/aromatic N) is 3. The molecule has 2 aromatic carbocycles. The van der Waals surface area contributed by atoms with E-state index >= 15 is 0 Å². The number of hydrogen-bond acceptors (Lipinski definition) is 5. The summed E-state index contributed by atoms with van der Waals surface area (Å²) in [6.07, 6.45) is 1.69. The predicted molar refractivity (Wildman–Crippen MR) is 116 cm³/mol. The van der Waals surface area contributed by atoms with Gasteiger partial charge >= 0.3 is 0 Å². The van der Waals surface area contributed by atoms with Crippen molar-refractivity contribution in [3.05, 3.63) is 71.6 Å². The van der Waals surface area contributed by atoms with E-state index in [9.17, 15) is 13.6 Å². The van der Waals surface area contributed by atoms with Crippen LogP contribution in [0, 0.1) is 11.6 Å². The zero-order valence-corrected chi connectivity index (χ0v) is 17.8. The molecule has 0 saturated carbocycles. The van der Waals surface area contributed by atoms with Gasteiger partial charge in [-0.3, -0.25) is 4.79 Å². The van der Waals surface area contributed by atoms with Gasteiger partial charge in [-0.1, -0.05) is 19.1 Å². The van der Waals surface area contributed by atoms with Gasteiger partial charge in [0.2, 0.25) is 11.0 Å². The largest absolute Gasteiger partial charge is 0.344 e. The fourth-order valence-electron chi connectivity index (χ4n) is 2.92. The number of aromatic nitrogens is 2. The Morgan fingerprint density at radius 2 is 1.73 bits per heavy atom. The molecule has 0 bridgehead atoms. The van der Waals surface area contributed by atoms with E-state index in [1.54, 1.807) is 12.1 Å². The fraction of sp³-hybridized carbons (Fsp3) is 0.318. The van der Waals surface area contributed by atoms with Gasteiger partial charge in [-0.2, -0.15) is 4.37 Å². The van der Waals surface area contributed by atoms with E-state index < -0.39 is 0 Å². The highest BCUT2D eigenvalue weighted by molar-refractivity contribution is 7.09. The van der Waals surface area contributed by atoms with Crippen molar-refractivity contribution >= 4 is 28.3 Å². The molecule has 1 unspecified atom stereocenters. The summed E-state index contributed by atoms with van der Waals surface area (Å²) in [7, 11) is 0. The maximum atomic E-state index is 13.1. The second-order valence-corrected chi connectivity index (χ2v) is 7.78. The van der Waals surface area contributed by atoms with E-state index in [0.717, 1.165) is 17.1 Å². The zero-order chi connectivity index (χ0) is 21.5. The normalized spacial score (nSPS) is 11.9. The molecule has 1 atom stereocenters. The molecule has 1 amide bonds. The first-order chi connectivity index (χ1) is 14.4. The Kier molecular flexibility index (Phi) is 7.46. The SMILES string of the molecule is CCC(C)N(CCC(=O)Nc1ccc(F)cc1)c1nc(Cc2ccc(F)cc2)ns1. The van der Waals surface area contributed by atoms with Crippen LogP contribution < -0.4 is 10.2 Å². The van der Waals surface area contributed by atoms with Crippen LogP contribution >= 0.6 is 11.5 Å². The third-order valence-electron chi connectivity index (χ3n) is 4.81. The van der Waals surface area contributed by atoms with Gasteiger partial charge in [0.25, 0.3) is 0 Å². The van der Waals surface area contributed by atoms with E-state index in [1.807, 2.05) is 0 Å². The van der Waals surface area contributed by atoms with Crippen molar-refractivity contribution in [3.63, 3.8) is 0 Å². The molecule has 3 rings (SSSR count). The molecule has 1 heterocycles. The molecular weight excluding hydrogens is 406 g/mol. The lowest BCUT2D eigenvalue weighted by Gasteiger charge is -2.27. The first-order valence-electron chi connectivity index (χ1n) is 9.83. The monoisotopic (exact) mass is 430 g/mol. The molecule has 5 nitrogen and oxygen atoms in total. The van der Waals surface area contributed by atoms with Crippen molar-refractivity contribution in [2.24, 2.45) is 0 Å². The first kappa shape index (κ1) is 21.8. The van der Waals surface area contributed by atoms with Crippen LogP contribution in [0.5, 0.6) is 0 Å². The molecule has 0 aliphatic rings. The van der Waals surface area contributed by atoms with Gasteiger partial charge in [-0.25, -0.2) is 13.8 Å². The molecule has 8 heteroatoms. The van der Waals surface area contributed by atoms with Gasteiger partial charge in [0.05, 0.1) is 0 Å². The lowest BCUT2D eigenvalue weighted by atomic mass is 10.1. The highest BCUT2D eigenvalue weighted by Crippen LogP contribution is 2.23. The maximum absolute atomic E-state index is 13.1. The number of nitrogens with one attached hydrogen (secondary N) is 1. The molecule has 0 saturated heterocycles. The number of anilines is 2. The summed E-state index contributed by atoms with van der Waals surface area (Å²) in [6.45, 7) is 4.66. The molecule has 1 aromatic heterocycles. The highest BCUT2D eigenvalue weighted by Gasteiger charge is 2.19. The van der Waals surface area contributed by atoms with Crippen molar-refractivity contribution in [1.29, 1.82) is 0 Å². The van der Waals surface area contributed by atoms with Crippen LogP contribution in [0.4, 0.5) is 19.6 Å². The standard InChI is InChI=1S/C22H24F2N4OS/c1-3-15(2)28(13-12-21(29)25-19-10-8-18(24)9-11-19)22-26-20(27-30-22)14-16-4-6-17(23)7-5-16/h4-11,15H,3,12-14H2,1-2H3,(H,25,29). The Morgan fingerprint density at radius 1 is 1.10 bits per heavy atom. The lowest BCUT2D eigenvalue weighted by molar-refractivity contribution is -0.116. The van der Waals surface area contributed by atoms with Crippen molar-refractivity contribution in [1.82, 2.24) is 9.36 Å². The van der Waals surface area contributed by atoms with Crippen LogP contribution in [-0.4, -0.2) is 27.9 Å². The summed E-state index contributed by atoms with van der Waals surface area (Å²) >= 11 is 1.30. The molecule has 1 N–H and O–H groups in total. The van der Waals surface area contributed by atoms with Crippen LogP contribution in [-0.2, 0) is 11.2 Å². The van der Waals surface area contributed by atoms with Crippen molar-refractivity contribution in [2.75, 3.05) is 16.8 Å². The number of halogens is 2. The van der Waals surface area contributed by atoms with E-state index in [-0.39, 0.29) is 30.0 Å². The number of carbonyl (C=O) groups is 1. The average molecular weight is 431 g/mol. The van der Waals surface area contributed by atoms with Crippen LogP contribution in [0.2, 0.25) is 0 Å². The minimum atomic E-state index is -0.344. The third-order valence-corrected chi connectivity index (χ3v) is 5.60. The maximum Gasteiger partial charge on any atom is 0.226 e. The Labute approximate surface area is 178 Å². The van der Waals surface area contributed by atoms with Gasteiger partial charge in [-0.05, 0) is 55.3 Å². The molecule has 0 radical (unpaired) electrons. The molecule has 0 aliphatic heterocycles. The topological polar surface area (TPSA) is 58.1 Å². The van der Waals surface area contributed by atoms with Gasteiger partial charge in [-0.15, -0.1) is 0 Å². The molecule has 0 aliphatic carbocycles. The van der Waals surface area contributed by atoms with E-state index in [1.165, 1.54) is 47.9 Å². The summed E-state index contributed by atoms with van der Waals surface area (Å²) in [4.78, 5) is 19.0.